The Kier molecular flexibility index (Phi) is 9.35. The molecule has 0 aliphatic heterocycles. The molecule has 0 aromatic heterocycles. The van der Waals surface area contributed by atoms with Crippen LogP contribution in [-0.2, 0) is 20.9 Å². The first-order valence-electron chi connectivity index (χ1n) is 7.67. The van der Waals surface area contributed by atoms with Gasteiger partial charge >= 0.3 is 5.97 Å². The van der Waals surface area contributed by atoms with Crippen molar-refractivity contribution < 1.29 is 14.3 Å². The van der Waals surface area contributed by atoms with E-state index in [0.717, 1.165) is 5.56 Å². The molecule has 1 aromatic rings. The molecule has 0 spiro atoms. The maximum Gasteiger partial charge on any atom is 0.316 e. The first-order valence-corrected chi connectivity index (χ1v) is 7.67. The van der Waals surface area contributed by atoms with E-state index in [0.29, 0.717) is 0 Å². The summed E-state index contributed by atoms with van der Waals surface area (Å²) in [5.74, 6) is -1.08. The Bertz CT molecular complexity index is 423. The zero-order valence-electron chi connectivity index (χ0n) is 14.1. The fourth-order valence-electron chi connectivity index (χ4n) is 1.69. The summed E-state index contributed by atoms with van der Waals surface area (Å²) in [5.41, 5.74) is 0.924. The van der Waals surface area contributed by atoms with E-state index in [1.807, 2.05) is 65.0 Å². The van der Waals surface area contributed by atoms with Crippen molar-refractivity contribution in [2.45, 2.75) is 48.1 Å². The van der Waals surface area contributed by atoms with E-state index < -0.39 is 11.9 Å². The Hall–Kier alpha value is -1.64. The number of carbonyl (C=O) groups excluding carboxylic acids is 2. The van der Waals surface area contributed by atoms with Crippen LogP contribution in [0.15, 0.2) is 30.3 Å². The Morgan fingerprint density at radius 2 is 1.52 bits per heavy atom. The molecule has 0 amide bonds. The largest absolute Gasteiger partial charge is 0.460 e. The summed E-state index contributed by atoms with van der Waals surface area (Å²) < 4.78 is 5.18. The van der Waals surface area contributed by atoms with Gasteiger partial charge in [-0.3, -0.25) is 9.59 Å². The van der Waals surface area contributed by atoms with Gasteiger partial charge in [-0.1, -0.05) is 65.0 Å². The molecular formula is C18H28O3. The summed E-state index contributed by atoms with van der Waals surface area (Å²) in [6.45, 7) is 11.6. The maximum atomic E-state index is 12.0. The van der Waals surface area contributed by atoms with Gasteiger partial charge in [0.05, 0.1) is 0 Å². The lowest BCUT2D eigenvalue weighted by atomic mass is 9.87. The van der Waals surface area contributed by atoms with E-state index in [4.69, 9.17) is 4.74 Å². The molecule has 2 atom stereocenters. The number of Topliss-reactive ketones (excluding diaryl/α,β-unsaturated/α-hetero) is 1. The molecule has 0 aliphatic rings. The highest BCUT2D eigenvalue weighted by molar-refractivity contribution is 5.99. The van der Waals surface area contributed by atoms with Crippen molar-refractivity contribution >= 4 is 11.8 Å². The molecule has 0 aliphatic carbocycles. The van der Waals surface area contributed by atoms with Gasteiger partial charge < -0.3 is 4.74 Å². The maximum absolute atomic E-state index is 12.0. The molecule has 3 nitrogen and oxygen atoms in total. The van der Waals surface area contributed by atoms with Crippen LogP contribution in [0.1, 0.15) is 47.1 Å². The normalized spacial score (nSPS) is 12.9. The number of carbonyl (C=O) groups is 2. The van der Waals surface area contributed by atoms with Gasteiger partial charge in [-0.2, -0.15) is 0 Å². The molecule has 0 heterocycles. The Labute approximate surface area is 128 Å². The van der Waals surface area contributed by atoms with E-state index in [2.05, 4.69) is 0 Å². The molecule has 0 N–H and O–H groups in total. The van der Waals surface area contributed by atoms with Crippen molar-refractivity contribution in [3.05, 3.63) is 35.9 Å². The second-order valence-electron chi connectivity index (χ2n) is 5.25. The average molecular weight is 292 g/mol. The second-order valence-corrected chi connectivity index (χ2v) is 5.25. The number of hydrogen-bond acceptors (Lipinski definition) is 3. The first kappa shape index (κ1) is 19.4. The quantitative estimate of drug-likeness (QED) is 0.581. The number of benzene rings is 1. The van der Waals surface area contributed by atoms with Gasteiger partial charge in [0.1, 0.15) is 18.3 Å². The zero-order valence-corrected chi connectivity index (χ0v) is 14.1. The minimum absolute atomic E-state index is 0.0481. The summed E-state index contributed by atoms with van der Waals surface area (Å²) in [7, 11) is 0. The molecule has 0 radical (unpaired) electrons. The summed E-state index contributed by atoms with van der Waals surface area (Å²) in [6, 6.07) is 9.45. The molecule has 1 rings (SSSR count). The van der Waals surface area contributed by atoms with Gasteiger partial charge in [0.2, 0.25) is 0 Å². The Balaban J connectivity index is 0.00000191. The van der Waals surface area contributed by atoms with E-state index >= 15 is 0 Å². The third-order valence-corrected chi connectivity index (χ3v) is 3.45. The van der Waals surface area contributed by atoms with Crippen LogP contribution in [0.2, 0.25) is 0 Å². The topological polar surface area (TPSA) is 43.4 Å². The Morgan fingerprint density at radius 3 is 2.00 bits per heavy atom. The van der Waals surface area contributed by atoms with E-state index in [1.54, 1.807) is 6.92 Å². The molecule has 0 saturated heterocycles. The van der Waals surface area contributed by atoms with Crippen LogP contribution in [0.25, 0.3) is 0 Å². The highest BCUT2D eigenvalue weighted by atomic mass is 16.5. The number of ketones is 1. The number of esters is 1. The van der Waals surface area contributed by atoms with Gasteiger partial charge in [-0.15, -0.1) is 0 Å². The summed E-state index contributed by atoms with van der Waals surface area (Å²) in [5, 5.41) is 0. The van der Waals surface area contributed by atoms with Crippen LogP contribution in [0.5, 0.6) is 0 Å². The first-order chi connectivity index (χ1) is 9.93. The van der Waals surface area contributed by atoms with E-state index in [9.17, 15) is 9.59 Å². The standard InChI is InChI=1S/C16H22O3.C2H6/c1-11(2)12(3)15(17)13(4)16(18)19-10-14-8-6-5-7-9-14;1-2/h5-9,11-13H,10H2,1-4H3;1-2H3. The molecule has 2 unspecified atom stereocenters. The molecule has 21 heavy (non-hydrogen) atoms. The van der Waals surface area contributed by atoms with Gasteiger partial charge in [-0.05, 0) is 18.4 Å². The zero-order chi connectivity index (χ0) is 16.4. The Morgan fingerprint density at radius 1 is 1.00 bits per heavy atom. The minimum Gasteiger partial charge on any atom is -0.460 e. The molecule has 1 aromatic carbocycles. The van der Waals surface area contributed by atoms with Crippen molar-refractivity contribution in [1.82, 2.24) is 0 Å². The molecule has 0 fully saturated rings. The van der Waals surface area contributed by atoms with Crippen molar-refractivity contribution in [3.63, 3.8) is 0 Å². The fourth-order valence-corrected chi connectivity index (χ4v) is 1.69. The minimum atomic E-state index is -0.693. The molecule has 3 heteroatoms. The number of hydrogen-bond donors (Lipinski definition) is 0. The summed E-state index contributed by atoms with van der Waals surface area (Å²) >= 11 is 0. The lowest BCUT2D eigenvalue weighted by Crippen LogP contribution is -2.30. The van der Waals surface area contributed by atoms with E-state index in [1.165, 1.54) is 0 Å². The van der Waals surface area contributed by atoms with Crippen molar-refractivity contribution in [3.8, 4) is 0 Å². The van der Waals surface area contributed by atoms with Gasteiger partial charge in [-0.25, -0.2) is 0 Å². The third-order valence-electron chi connectivity index (χ3n) is 3.45. The lowest BCUT2D eigenvalue weighted by Gasteiger charge is -2.18. The van der Waals surface area contributed by atoms with Crippen LogP contribution in [0.4, 0.5) is 0 Å². The number of ether oxygens (including phenoxy) is 1. The van der Waals surface area contributed by atoms with Gasteiger partial charge in [0, 0.05) is 5.92 Å². The third kappa shape index (κ3) is 6.56. The van der Waals surface area contributed by atoms with Crippen LogP contribution in [0, 0.1) is 17.8 Å². The molecule has 0 bridgehead atoms. The smallest absolute Gasteiger partial charge is 0.316 e. The highest BCUT2D eigenvalue weighted by Gasteiger charge is 2.28. The van der Waals surface area contributed by atoms with Crippen molar-refractivity contribution in [2.75, 3.05) is 0 Å². The summed E-state index contributed by atoms with van der Waals surface area (Å²) in [6.07, 6.45) is 0. The number of rotatable bonds is 6. The van der Waals surface area contributed by atoms with Crippen LogP contribution >= 0.6 is 0 Å². The van der Waals surface area contributed by atoms with Crippen molar-refractivity contribution in [2.24, 2.45) is 17.8 Å². The molecular weight excluding hydrogens is 264 g/mol. The fraction of sp³-hybridized carbons (Fsp3) is 0.556. The van der Waals surface area contributed by atoms with Gasteiger partial charge in [0.25, 0.3) is 0 Å². The monoisotopic (exact) mass is 292 g/mol. The molecule has 118 valence electrons. The van der Waals surface area contributed by atoms with E-state index in [-0.39, 0.29) is 24.2 Å². The van der Waals surface area contributed by atoms with Crippen LogP contribution in [-0.4, -0.2) is 11.8 Å². The van der Waals surface area contributed by atoms with Crippen molar-refractivity contribution in [1.29, 1.82) is 0 Å². The average Bonchev–Trinajstić information content (AvgIpc) is 2.53. The second kappa shape index (κ2) is 10.1. The predicted molar refractivity (Wildman–Crippen MR) is 85.8 cm³/mol. The SMILES string of the molecule is CC.CC(C(=O)OCc1ccccc1)C(=O)C(C)C(C)C. The molecule has 0 saturated carbocycles. The van der Waals surface area contributed by atoms with Crippen LogP contribution in [0.3, 0.4) is 0 Å². The summed E-state index contributed by atoms with van der Waals surface area (Å²) in [4.78, 5) is 23.9. The predicted octanol–water partition coefficient (Wildman–Crippen LogP) is 4.25. The highest BCUT2D eigenvalue weighted by Crippen LogP contribution is 2.17. The van der Waals surface area contributed by atoms with Gasteiger partial charge in [0.15, 0.2) is 0 Å². The van der Waals surface area contributed by atoms with Crippen LogP contribution < -0.4 is 0 Å². The lowest BCUT2D eigenvalue weighted by molar-refractivity contribution is -0.153.